The summed E-state index contributed by atoms with van der Waals surface area (Å²) >= 11 is 0. The van der Waals surface area contributed by atoms with Gasteiger partial charge in [0.05, 0.1) is 0 Å². The number of nitrogens with one attached hydrogen (secondary N) is 1. The largest absolute Gasteiger partial charge is 0.356 e. The number of hydrogen-bond donors (Lipinski definition) is 2. The van der Waals surface area contributed by atoms with Gasteiger partial charge in [0, 0.05) is 13.0 Å². The van der Waals surface area contributed by atoms with Gasteiger partial charge < -0.3 is 16.0 Å². The van der Waals surface area contributed by atoms with Crippen LogP contribution in [0, 0.1) is 5.92 Å². The topological polar surface area (TPSA) is 58.4 Å². The minimum absolute atomic E-state index is 0.158. The van der Waals surface area contributed by atoms with Gasteiger partial charge in [0.1, 0.15) is 0 Å². The Bertz CT molecular complexity index is 223. The molecule has 1 aliphatic rings. The molecule has 4 heteroatoms. The Balaban J connectivity index is 2.01. The van der Waals surface area contributed by atoms with E-state index in [4.69, 9.17) is 5.73 Å². The predicted molar refractivity (Wildman–Crippen MR) is 75.4 cm³/mol. The highest BCUT2D eigenvalue weighted by molar-refractivity contribution is 5.76. The lowest BCUT2D eigenvalue weighted by atomic mass is 10.0. The standard InChI is InChI=1S/C14H29N3O/c1-2-13(12-15)11-14(18)16-7-6-10-17-8-4-3-5-9-17/h13H,2-12,15H2,1H3,(H,16,18). The Kier molecular flexibility index (Phi) is 8.01. The van der Waals surface area contributed by atoms with Crippen LogP contribution in [0.15, 0.2) is 0 Å². The van der Waals surface area contributed by atoms with E-state index in [1.54, 1.807) is 0 Å². The first-order chi connectivity index (χ1) is 8.76. The zero-order chi connectivity index (χ0) is 13.2. The summed E-state index contributed by atoms with van der Waals surface area (Å²) in [5.74, 6) is 0.498. The van der Waals surface area contributed by atoms with Gasteiger partial charge in [-0.05, 0) is 51.4 Å². The molecule has 0 spiro atoms. The molecule has 1 rings (SSSR count). The number of piperidine rings is 1. The van der Waals surface area contributed by atoms with Crippen LogP contribution in [0.4, 0.5) is 0 Å². The third kappa shape index (κ3) is 6.36. The van der Waals surface area contributed by atoms with Crippen molar-refractivity contribution in [3.63, 3.8) is 0 Å². The summed E-state index contributed by atoms with van der Waals surface area (Å²) in [6, 6.07) is 0. The molecule has 0 bridgehead atoms. The molecule has 4 nitrogen and oxygen atoms in total. The zero-order valence-electron chi connectivity index (χ0n) is 11.8. The molecular weight excluding hydrogens is 226 g/mol. The highest BCUT2D eigenvalue weighted by Crippen LogP contribution is 2.08. The molecule has 3 N–H and O–H groups in total. The fraction of sp³-hybridized carbons (Fsp3) is 0.929. The Morgan fingerprint density at radius 2 is 2.06 bits per heavy atom. The molecule has 1 saturated heterocycles. The lowest BCUT2D eigenvalue weighted by Gasteiger charge is -2.26. The van der Waals surface area contributed by atoms with E-state index in [9.17, 15) is 4.79 Å². The number of likely N-dealkylation sites (tertiary alicyclic amines) is 1. The Labute approximate surface area is 111 Å². The maximum Gasteiger partial charge on any atom is 0.220 e. The van der Waals surface area contributed by atoms with Crippen molar-refractivity contribution in [2.24, 2.45) is 11.7 Å². The van der Waals surface area contributed by atoms with Gasteiger partial charge in [-0.1, -0.05) is 19.8 Å². The zero-order valence-corrected chi connectivity index (χ0v) is 11.8. The van der Waals surface area contributed by atoms with Crippen molar-refractivity contribution in [3.8, 4) is 0 Å². The fourth-order valence-electron chi connectivity index (χ4n) is 2.44. The number of carbonyl (C=O) groups is 1. The van der Waals surface area contributed by atoms with E-state index >= 15 is 0 Å². The van der Waals surface area contributed by atoms with Gasteiger partial charge >= 0.3 is 0 Å². The van der Waals surface area contributed by atoms with Crippen molar-refractivity contribution in [3.05, 3.63) is 0 Å². The fourth-order valence-corrected chi connectivity index (χ4v) is 2.44. The molecule has 1 atom stereocenters. The van der Waals surface area contributed by atoms with Gasteiger partial charge in [-0.3, -0.25) is 4.79 Å². The van der Waals surface area contributed by atoms with Gasteiger partial charge in [0.2, 0.25) is 5.91 Å². The van der Waals surface area contributed by atoms with E-state index in [1.165, 1.54) is 32.4 Å². The van der Waals surface area contributed by atoms with Gasteiger partial charge in [-0.15, -0.1) is 0 Å². The van der Waals surface area contributed by atoms with Crippen molar-refractivity contribution in [2.75, 3.05) is 32.7 Å². The Morgan fingerprint density at radius 1 is 1.33 bits per heavy atom. The summed E-state index contributed by atoms with van der Waals surface area (Å²) < 4.78 is 0. The summed E-state index contributed by atoms with van der Waals surface area (Å²) in [4.78, 5) is 14.1. The first kappa shape index (κ1) is 15.4. The predicted octanol–water partition coefficient (Wildman–Crippen LogP) is 1.35. The second-order valence-electron chi connectivity index (χ2n) is 5.32. The van der Waals surface area contributed by atoms with Crippen LogP contribution in [0.5, 0.6) is 0 Å². The first-order valence-corrected chi connectivity index (χ1v) is 7.45. The summed E-state index contributed by atoms with van der Waals surface area (Å²) in [5, 5.41) is 3.00. The van der Waals surface area contributed by atoms with Crippen LogP contribution in [-0.2, 0) is 4.79 Å². The molecule has 106 valence electrons. The average molecular weight is 255 g/mol. The van der Waals surface area contributed by atoms with Crippen molar-refractivity contribution in [2.45, 2.75) is 45.4 Å². The second-order valence-corrected chi connectivity index (χ2v) is 5.32. The first-order valence-electron chi connectivity index (χ1n) is 7.45. The van der Waals surface area contributed by atoms with Gasteiger partial charge in [-0.25, -0.2) is 0 Å². The van der Waals surface area contributed by atoms with Crippen molar-refractivity contribution in [1.29, 1.82) is 0 Å². The van der Waals surface area contributed by atoms with E-state index in [-0.39, 0.29) is 5.91 Å². The third-order valence-electron chi connectivity index (χ3n) is 3.81. The van der Waals surface area contributed by atoms with Crippen molar-refractivity contribution >= 4 is 5.91 Å². The number of nitrogens with two attached hydrogens (primary N) is 1. The van der Waals surface area contributed by atoms with Gasteiger partial charge in [0.15, 0.2) is 0 Å². The average Bonchev–Trinajstić information content (AvgIpc) is 2.42. The third-order valence-corrected chi connectivity index (χ3v) is 3.81. The number of rotatable bonds is 8. The summed E-state index contributed by atoms with van der Waals surface area (Å²) in [6.07, 6.45) is 6.67. The van der Waals surface area contributed by atoms with Crippen molar-refractivity contribution in [1.82, 2.24) is 10.2 Å². The highest BCUT2D eigenvalue weighted by Gasteiger charge is 2.11. The van der Waals surface area contributed by atoms with E-state index in [2.05, 4.69) is 17.1 Å². The highest BCUT2D eigenvalue weighted by atomic mass is 16.1. The van der Waals surface area contributed by atoms with Crippen molar-refractivity contribution < 1.29 is 4.79 Å². The molecule has 1 unspecified atom stereocenters. The lowest BCUT2D eigenvalue weighted by molar-refractivity contribution is -0.122. The molecule has 0 radical (unpaired) electrons. The molecule has 1 amide bonds. The maximum absolute atomic E-state index is 11.6. The van der Waals surface area contributed by atoms with E-state index < -0.39 is 0 Å². The van der Waals surface area contributed by atoms with E-state index in [0.29, 0.717) is 18.9 Å². The second kappa shape index (κ2) is 9.34. The van der Waals surface area contributed by atoms with Gasteiger partial charge in [-0.2, -0.15) is 0 Å². The molecule has 0 saturated carbocycles. The quantitative estimate of drug-likeness (QED) is 0.644. The normalized spacial score (nSPS) is 18.6. The minimum atomic E-state index is 0.158. The number of amides is 1. The SMILES string of the molecule is CCC(CN)CC(=O)NCCCN1CCCCC1. The molecule has 1 fully saturated rings. The molecule has 18 heavy (non-hydrogen) atoms. The molecule has 1 aliphatic heterocycles. The monoisotopic (exact) mass is 255 g/mol. The molecule has 0 aromatic carbocycles. The van der Waals surface area contributed by atoms with Crippen LogP contribution < -0.4 is 11.1 Å². The Morgan fingerprint density at radius 3 is 2.67 bits per heavy atom. The van der Waals surface area contributed by atoms with E-state index in [0.717, 1.165) is 25.9 Å². The van der Waals surface area contributed by atoms with Crippen LogP contribution in [0.1, 0.15) is 45.4 Å². The molecule has 1 heterocycles. The van der Waals surface area contributed by atoms with Crippen LogP contribution in [0.3, 0.4) is 0 Å². The number of carbonyl (C=O) groups excluding carboxylic acids is 1. The summed E-state index contributed by atoms with van der Waals surface area (Å²) in [6.45, 7) is 7.08. The number of hydrogen-bond acceptors (Lipinski definition) is 3. The molecular formula is C14H29N3O. The summed E-state index contributed by atoms with van der Waals surface area (Å²) in [7, 11) is 0. The molecule has 0 aliphatic carbocycles. The lowest BCUT2D eigenvalue weighted by Crippen LogP contribution is -2.34. The van der Waals surface area contributed by atoms with Crippen LogP contribution in [0.2, 0.25) is 0 Å². The smallest absolute Gasteiger partial charge is 0.220 e. The van der Waals surface area contributed by atoms with Crippen LogP contribution in [-0.4, -0.2) is 43.5 Å². The van der Waals surface area contributed by atoms with Gasteiger partial charge in [0.25, 0.3) is 0 Å². The van der Waals surface area contributed by atoms with E-state index in [1.807, 2.05) is 0 Å². The maximum atomic E-state index is 11.6. The number of nitrogens with zero attached hydrogens (tertiary/aromatic N) is 1. The molecule has 0 aromatic rings. The minimum Gasteiger partial charge on any atom is -0.356 e. The Hall–Kier alpha value is -0.610. The van der Waals surface area contributed by atoms with Crippen LogP contribution >= 0.6 is 0 Å². The molecule has 0 aromatic heterocycles. The van der Waals surface area contributed by atoms with Crippen LogP contribution in [0.25, 0.3) is 0 Å². The summed E-state index contributed by atoms with van der Waals surface area (Å²) in [5.41, 5.74) is 5.60.